The van der Waals surface area contributed by atoms with Crippen LogP contribution in [-0.2, 0) is 11.3 Å². The Hall–Kier alpha value is -2.04. The van der Waals surface area contributed by atoms with Gasteiger partial charge in [-0.05, 0) is 24.8 Å². The molecule has 5 heteroatoms. The van der Waals surface area contributed by atoms with Crippen LogP contribution in [0.2, 0.25) is 0 Å². The molecule has 1 atom stereocenters. The Morgan fingerprint density at radius 2 is 1.71 bits per heavy atom. The lowest BCUT2D eigenvalue weighted by Gasteiger charge is -2.15. The van der Waals surface area contributed by atoms with Crippen molar-refractivity contribution in [2.75, 3.05) is 6.54 Å². The number of amides is 3. The molecule has 0 saturated heterocycles. The van der Waals surface area contributed by atoms with Gasteiger partial charge in [0.1, 0.15) is 0 Å². The number of carbonyl (C=O) groups excluding carboxylic acids is 2. The monoisotopic (exact) mass is 333 g/mol. The first kappa shape index (κ1) is 20.0. The third-order valence-corrected chi connectivity index (χ3v) is 3.77. The summed E-state index contributed by atoms with van der Waals surface area (Å²) in [5, 5.41) is 8.48. The molecule has 0 bridgehead atoms. The van der Waals surface area contributed by atoms with E-state index in [4.69, 9.17) is 0 Å². The second-order valence-corrected chi connectivity index (χ2v) is 6.64. The van der Waals surface area contributed by atoms with Crippen LogP contribution < -0.4 is 16.0 Å². The summed E-state index contributed by atoms with van der Waals surface area (Å²) < 4.78 is 0. The fourth-order valence-corrected chi connectivity index (χ4v) is 2.35. The standard InChI is InChI=1S/C19H31N3O2/c1-15(2)8-7-9-16(3)22-19(24)20-13-12-18(23)21-14-17-10-5-4-6-11-17/h4-6,10-11,15-16H,7-9,12-14H2,1-3H3,(H,21,23)(H2,20,22,24). The van der Waals surface area contributed by atoms with Crippen molar-refractivity contribution in [2.45, 2.75) is 59.0 Å². The molecule has 3 N–H and O–H groups in total. The summed E-state index contributed by atoms with van der Waals surface area (Å²) in [6, 6.07) is 9.70. The van der Waals surface area contributed by atoms with Gasteiger partial charge in [-0.1, -0.05) is 57.0 Å². The summed E-state index contributed by atoms with van der Waals surface area (Å²) in [7, 11) is 0. The SMILES string of the molecule is CC(C)CCCC(C)NC(=O)NCCC(=O)NCc1ccccc1. The first-order chi connectivity index (χ1) is 11.5. The molecule has 134 valence electrons. The smallest absolute Gasteiger partial charge is 0.315 e. The topological polar surface area (TPSA) is 70.2 Å². The van der Waals surface area contributed by atoms with Crippen LogP contribution in [0.1, 0.15) is 52.0 Å². The second-order valence-electron chi connectivity index (χ2n) is 6.64. The fourth-order valence-electron chi connectivity index (χ4n) is 2.35. The van der Waals surface area contributed by atoms with Gasteiger partial charge in [0.25, 0.3) is 0 Å². The second kappa shape index (κ2) is 11.5. The number of nitrogens with one attached hydrogen (secondary N) is 3. The summed E-state index contributed by atoms with van der Waals surface area (Å²) in [5.41, 5.74) is 1.06. The van der Waals surface area contributed by atoms with Crippen molar-refractivity contribution >= 4 is 11.9 Å². The third kappa shape index (κ3) is 9.87. The van der Waals surface area contributed by atoms with Crippen molar-refractivity contribution in [2.24, 2.45) is 5.92 Å². The molecule has 1 aromatic rings. The zero-order valence-electron chi connectivity index (χ0n) is 15.1. The van der Waals surface area contributed by atoms with Crippen molar-refractivity contribution in [3.8, 4) is 0 Å². The number of rotatable bonds is 10. The van der Waals surface area contributed by atoms with Crippen LogP contribution in [0.5, 0.6) is 0 Å². The van der Waals surface area contributed by atoms with Gasteiger partial charge >= 0.3 is 6.03 Å². The number of carbonyl (C=O) groups is 2. The van der Waals surface area contributed by atoms with Gasteiger partial charge in [-0.25, -0.2) is 4.79 Å². The molecule has 0 aliphatic heterocycles. The zero-order valence-corrected chi connectivity index (χ0v) is 15.1. The normalized spacial score (nSPS) is 11.8. The van der Waals surface area contributed by atoms with E-state index in [0.717, 1.165) is 18.4 Å². The Morgan fingerprint density at radius 3 is 2.38 bits per heavy atom. The number of urea groups is 1. The molecule has 0 saturated carbocycles. The molecule has 0 fully saturated rings. The molecular weight excluding hydrogens is 302 g/mol. The van der Waals surface area contributed by atoms with E-state index in [1.165, 1.54) is 6.42 Å². The van der Waals surface area contributed by atoms with Crippen molar-refractivity contribution in [1.29, 1.82) is 0 Å². The minimum Gasteiger partial charge on any atom is -0.352 e. The van der Waals surface area contributed by atoms with E-state index in [0.29, 0.717) is 19.0 Å². The highest BCUT2D eigenvalue weighted by Crippen LogP contribution is 2.08. The lowest BCUT2D eigenvalue weighted by atomic mass is 10.0. The average Bonchev–Trinajstić information content (AvgIpc) is 2.53. The van der Waals surface area contributed by atoms with E-state index in [2.05, 4.69) is 29.8 Å². The molecule has 0 aromatic heterocycles. The van der Waals surface area contributed by atoms with Gasteiger partial charge < -0.3 is 16.0 Å². The Bertz CT molecular complexity index is 489. The molecule has 1 aromatic carbocycles. The Kier molecular flexibility index (Phi) is 9.58. The molecule has 5 nitrogen and oxygen atoms in total. The van der Waals surface area contributed by atoms with E-state index in [9.17, 15) is 9.59 Å². The largest absolute Gasteiger partial charge is 0.352 e. The molecule has 24 heavy (non-hydrogen) atoms. The quantitative estimate of drug-likeness (QED) is 0.615. The van der Waals surface area contributed by atoms with Crippen LogP contribution in [-0.4, -0.2) is 24.5 Å². The summed E-state index contributed by atoms with van der Waals surface area (Å²) in [5.74, 6) is 0.629. The zero-order chi connectivity index (χ0) is 17.8. The lowest BCUT2D eigenvalue weighted by Crippen LogP contribution is -2.42. The van der Waals surface area contributed by atoms with Gasteiger partial charge in [-0.15, -0.1) is 0 Å². The summed E-state index contributed by atoms with van der Waals surface area (Å²) in [4.78, 5) is 23.5. The highest BCUT2D eigenvalue weighted by Gasteiger charge is 2.08. The Balaban J connectivity index is 2.08. The molecule has 3 amide bonds. The van der Waals surface area contributed by atoms with E-state index in [1.807, 2.05) is 37.3 Å². The highest BCUT2D eigenvalue weighted by molar-refractivity contribution is 5.78. The van der Waals surface area contributed by atoms with Gasteiger partial charge in [0.05, 0.1) is 0 Å². The molecular formula is C19H31N3O2. The molecule has 1 rings (SSSR count). The number of benzene rings is 1. The average molecular weight is 333 g/mol. The first-order valence-corrected chi connectivity index (χ1v) is 8.82. The fraction of sp³-hybridized carbons (Fsp3) is 0.579. The van der Waals surface area contributed by atoms with E-state index >= 15 is 0 Å². The summed E-state index contributed by atoms with van der Waals surface area (Å²) in [6.45, 7) is 7.26. The number of hydrogen-bond acceptors (Lipinski definition) is 2. The van der Waals surface area contributed by atoms with E-state index in [-0.39, 0.29) is 24.4 Å². The minimum atomic E-state index is -0.206. The van der Waals surface area contributed by atoms with Crippen LogP contribution in [0, 0.1) is 5.92 Å². The van der Waals surface area contributed by atoms with Crippen LogP contribution >= 0.6 is 0 Å². The number of hydrogen-bond donors (Lipinski definition) is 3. The molecule has 0 aliphatic carbocycles. The van der Waals surface area contributed by atoms with E-state index < -0.39 is 0 Å². The van der Waals surface area contributed by atoms with Crippen LogP contribution in [0.3, 0.4) is 0 Å². The molecule has 0 spiro atoms. The van der Waals surface area contributed by atoms with Gasteiger partial charge in [0, 0.05) is 25.6 Å². The lowest BCUT2D eigenvalue weighted by molar-refractivity contribution is -0.121. The maximum atomic E-state index is 11.8. The minimum absolute atomic E-state index is 0.0656. The van der Waals surface area contributed by atoms with Crippen molar-refractivity contribution in [3.63, 3.8) is 0 Å². The van der Waals surface area contributed by atoms with Gasteiger partial charge in [0.2, 0.25) is 5.91 Å². The predicted molar refractivity (Wildman–Crippen MR) is 97.6 cm³/mol. The maximum Gasteiger partial charge on any atom is 0.315 e. The van der Waals surface area contributed by atoms with Crippen molar-refractivity contribution in [1.82, 2.24) is 16.0 Å². The van der Waals surface area contributed by atoms with Gasteiger partial charge in [-0.2, -0.15) is 0 Å². The van der Waals surface area contributed by atoms with Crippen LogP contribution in [0.4, 0.5) is 4.79 Å². The Morgan fingerprint density at radius 1 is 1.00 bits per heavy atom. The van der Waals surface area contributed by atoms with Crippen LogP contribution in [0.15, 0.2) is 30.3 Å². The summed E-state index contributed by atoms with van der Waals surface area (Å²) in [6.07, 6.45) is 3.54. The molecule has 0 radical (unpaired) electrons. The first-order valence-electron chi connectivity index (χ1n) is 8.82. The Labute approximate surface area is 145 Å². The van der Waals surface area contributed by atoms with Gasteiger partial charge in [-0.3, -0.25) is 4.79 Å². The van der Waals surface area contributed by atoms with Crippen molar-refractivity contribution < 1.29 is 9.59 Å². The van der Waals surface area contributed by atoms with Crippen molar-refractivity contribution in [3.05, 3.63) is 35.9 Å². The molecule has 1 unspecified atom stereocenters. The maximum absolute atomic E-state index is 11.8. The predicted octanol–water partition coefficient (Wildman–Crippen LogP) is 3.21. The third-order valence-electron chi connectivity index (χ3n) is 3.77. The van der Waals surface area contributed by atoms with Crippen LogP contribution in [0.25, 0.3) is 0 Å². The highest BCUT2D eigenvalue weighted by atomic mass is 16.2. The van der Waals surface area contributed by atoms with E-state index in [1.54, 1.807) is 0 Å². The molecule has 0 heterocycles. The van der Waals surface area contributed by atoms with Gasteiger partial charge in [0.15, 0.2) is 0 Å². The summed E-state index contributed by atoms with van der Waals surface area (Å²) >= 11 is 0. The molecule has 0 aliphatic rings.